The lowest BCUT2D eigenvalue weighted by Gasteiger charge is -2.36. The minimum absolute atomic E-state index is 0.0274. The number of nitrogens with zero attached hydrogens (tertiary/aromatic N) is 11. The summed E-state index contributed by atoms with van der Waals surface area (Å²) in [7, 11) is 0. The van der Waals surface area contributed by atoms with E-state index in [4.69, 9.17) is 9.97 Å². The van der Waals surface area contributed by atoms with E-state index in [0.29, 0.717) is 23.8 Å². The molecule has 2 fully saturated rings. The van der Waals surface area contributed by atoms with Crippen LogP contribution in [-0.4, -0.2) is 101 Å². The summed E-state index contributed by atoms with van der Waals surface area (Å²) in [6.07, 6.45) is 45.1. The predicted molar refractivity (Wildman–Crippen MR) is 380 cm³/mol. The van der Waals surface area contributed by atoms with E-state index in [1.54, 1.807) is 11.6 Å². The van der Waals surface area contributed by atoms with Crippen LogP contribution in [0, 0.1) is 39.5 Å². The molecule has 9 N–H and O–H groups in total. The molecular formula is C75H88N20. The lowest BCUT2D eigenvalue weighted by atomic mass is 9.75. The van der Waals surface area contributed by atoms with Crippen LogP contribution in [0.4, 0.5) is 0 Å². The lowest BCUT2D eigenvalue weighted by Crippen LogP contribution is -2.36. The molecule has 3 aliphatic carbocycles. The number of unbranched alkanes of at least 4 members (excludes halogenated alkanes) is 3. The van der Waals surface area contributed by atoms with Gasteiger partial charge in [-0.25, -0.2) is 4.98 Å². The van der Waals surface area contributed by atoms with Gasteiger partial charge < -0.3 is 16.2 Å². The Hall–Kier alpha value is -10.1. The van der Waals surface area contributed by atoms with Crippen LogP contribution in [0.2, 0.25) is 0 Å². The molecule has 2 saturated carbocycles. The maximum atomic E-state index is 4.91. The van der Waals surface area contributed by atoms with Crippen LogP contribution in [0.25, 0.3) is 72.8 Å². The summed E-state index contributed by atoms with van der Waals surface area (Å²) in [4.78, 5) is 14.3. The fourth-order valence-corrected chi connectivity index (χ4v) is 14.3. The molecule has 20 heteroatoms. The van der Waals surface area contributed by atoms with Gasteiger partial charge in [0.2, 0.25) is 0 Å². The number of aryl methyl sites for hydroxylation is 5. The van der Waals surface area contributed by atoms with Crippen molar-refractivity contribution in [3.8, 4) is 44.9 Å². The van der Waals surface area contributed by atoms with E-state index in [1.165, 1.54) is 120 Å². The highest BCUT2D eigenvalue weighted by atomic mass is 15.3. The summed E-state index contributed by atoms with van der Waals surface area (Å²) < 4.78 is 0. The molecule has 20 nitrogen and oxygen atoms in total. The van der Waals surface area contributed by atoms with Crippen LogP contribution in [0.1, 0.15) is 172 Å². The highest BCUT2D eigenvalue weighted by Gasteiger charge is 2.39. The Morgan fingerprint density at radius 2 is 1.24 bits per heavy atom. The number of hydrazone groups is 2. The summed E-state index contributed by atoms with van der Waals surface area (Å²) in [5.41, 5.74) is 32.5. The third kappa shape index (κ3) is 13.1. The monoisotopic (exact) mass is 1270 g/mol. The summed E-state index contributed by atoms with van der Waals surface area (Å²) in [6, 6.07) is 11.4. The SMILES string of the molecule is C=CC1NN=CC1c1cnc(-c2cn[nH]c2C)cc1CCCCCC.C=Cc1[nH]ncc1-c1cnc(-c2cn[nH]c2C)cc1C(C)(C)C.Cc1[nH]ncc1-c1cc(C2CCC2)c2c(ccc3[nH]ncc32)n1.Cc1[nH]ncc1C1C=C(C2CCCC2)C2=C(C=CC3NN=CC23)N1. The van der Waals surface area contributed by atoms with Crippen LogP contribution in [-0.2, 0) is 11.8 Å². The number of pyridine rings is 3. The number of nitrogens with one attached hydrogen (secondary N) is 9. The number of hydrogen-bond acceptors (Lipinski definition) is 14. The minimum atomic E-state index is -0.0274. The number of aromatic nitrogens is 15. The average molecular weight is 1270 g/mol. The molecule has 12 heterocycles. The van der Waals surface area contributed by atoms with Gasteiger partial charge in [0.1, 0.15) is 0 Å². The van der Waals surface area contributed by atoms with Crippen molar-refractivity contribution >= 4 is 40.3 Å². The first kappa shape index (κ1) is 63.6. The van der Waals surface area contributed by atoms with Gasteiger partial charge in [0.05, 0.1) is 89.1 Å². The normalized spacial score (nSPS) is 19.5. The van der Waals surface area contributed by atoms with E-state index in [9.17, 15) is 0 Å². The highest BCUT2D eigenvalue weighted by molar-refractivity contribution is 6.07. The molecule has 5 unspecified atom stereocenters. The van der Waals surface area contributed by atoms with Crippen molar-refractivity contribution in [3.05, 3.63) is 190 Å². The molecule has 0 radical (unpaired) electrons. The predicted octanol–water partition coefficient (Wildman–Crippen LogP) is 15.2. The summed E-state index contributed by atoms with van der Waals surface area (Å²) >= 11 is 0. The quantitative estimate of drug-likeness (QED) is 0.0343. The van der Waals surface area contributed by atoms with Gasteiger partial charge in [-0.05, 0) is 159 Å². The fourth-order valence-electron chi connectivity index (χ4n) is 14.3. The Kier molecular flexibility index (Phi) is 18.6. The van der Waals surface area contributed by atoms with Crippen molar-refractivity contribution in [1.29, 1.82) is 0 Å². The summed E-state index contributed by atoms with van der Waals surface area (Å²) in [5.74, 6) is 1.88. The molecule has 6 aliphatic rings. The number of rotatable bonds is 15. The number of benzene rings is 1. The van der Waals surface area contributed by atoms with E-state index < -0.39 is 0 Å². The molecule has 3 aliphatic heterocycles. The molecule has 488 valence electrons. The van der Waals surface area contributed by atoms with Gasteiger partial charge in [0.25, 0.3) is 0 Å². The Morgan fingerprint density at radius 1 is 0.589 bits per heavy atom. The third-order valence-electron chi connectivity index (χ3n) is 19.9. The van der Waals surface area contributed by atoms with Crippen molar-refractivity contribution in [2.75, 3.05) is 0 Å². The zero-order valence-corrected chi connectivity index (χ0v) is 55.9. The van der Waals surface area contributed by atoms with Crippen LogP contribution < -0.4 is 16.2 Å². The molecule has 9 aromatic heterocycles. The van der Waals surface area contributed by atoms with Crippen molar-refractivity contribution in [2.24, 2.45) is 22.0 Å². The van der Waals surface area contributed by atoms with Gasteiger partial charge in [-0.2, -0.15) is 40.8 Å². The molecular weight excluding hydrogens is 1180 g/mol. The van der Waals surface area contributed by atoms with Crippen molar-refractivity contribution in [1.82, 2.24) is 92.3 Å². The highest BCUT2D eigenvalue weighted by Crippen LogP contribution is 2.46. The first-order chi connectivity index (χ1) is 46.3. The first-order valence-electron chi connectivity index (χ1n) is 33.8. The Labute approximate surface area is 555 Å². The third-order valence-corrected chi connectivity index (χ3v) is 19.9. The van der Waals surface area contributed by atoms with Crippen LogP contribution >= 0.6 is 0 Å². The summed E-state index contributed by atoms with van der Waals surface area (Å²) in [6.45, 7) is 24.8. The Morgan fingerprint density at radius 3 is 1.91 bits per heavy atom. The number of H-pyrrole nitrogens is 6. The lowest BCUT2D eigenvalue weighted by molar-refractivity contribution is 0.422. The minimum Gasteiger partial charge on any atom is -0.374 e. The van der Waals surface area contributed by atoms with E-state index in [1.807, 2.05) is 82.6 Å². The van der Waals surface area contributed by atoms with E-state index >= 15 is 0 Å². The van der Waals surface area contributed by atoms with Crippen molar-refractivity contribution in [2.45, 2.75) is 168 Å². The number of hydrogen-bond donors (Lipinski definition) is 9. The zero-order valence-electron chi connectivity index (χ0n) is 55.9. The molecule has 0 spiro atoms. The van der Waals surface area contributed by atoms with Crippen molar-refractivity contribution in [3.63, 3.8) is 0 Å². The van der Waals surface area contributed by atoms with Crippen LogP contribution in [0.3, 0.4) is 0 Å². The maximum Gasteiger partial charge on any atom is 0.0746 e. The molecule has 5 atom stereocenters. The molecule has 16 rings (SSSR count). The number of allylic oxidation sites excluding steroid dienone is 2. The number of fused-ring (bicyclic) bond motifs is 5. The van der Waals surface area contributed by atoms with Crippen LogP contribution in [0.5, 0.6) is 0 Å². The molecule has 10 aromatic rings. The van der Waals surface area contributed by atoms with Crippen LogP contribution in [0.15, 0.2) is 144 Å². The molecule has 0 saturated heterocycles. The number of aromatic amines is 6. The largest absolute Gasteiger partial charge is 0.374 e. The Bertz CT molecular complexity index is 4530. The fraction of sp³-hybridized carbons (Fsp3) is 0.373. The number of dihydropyridines is 1. The van der Waals surface area contributed by atoms with E-state index in [2.05, 4.69) is 195 Å². The van der Waals surface area contributed by atoms with Gasteiger partial charge in [0.15, 0.2) is 0 Å². The maximum absolute atomic E-state index is 4.91. The second-order valence-corrected chi connectivity index (χ2v) is 27.1. The van der Waals surface area contributed by atoms with Gasteiger partial charge >= 0.3 is 0 Å². The molecule has 1 aromatic carbocycles. The standard InChI is InChI=1S/C20H27N5.C19H23N5.C18H17N5.C18H21N5/c1-4-6-7-8-9-15-10-20(16-12-22-24-14(16)3)21-11-17(15)18-13-23-25-19(18)5-2;1-11-14(9-20-23-11)18-8-13(12-4-2-3-5-12)19-15-10-21-24-16(15)6-7-17(19)22-18;1-10-13(8-19-22-10)17-7-12(11-3-2-4-11)18-14-9-20-23-15(14)5-6-16(18)21-17;1-6-16-14(10-21-23-16)13-8-19-17(7-15(13)18(3,4)5)12-9-20-22-11(12)2/h5,10-13,18-19,25H,2,4,6-9H2,1,3H3,(H,22,24);6-10,12,15-16,18,22,24H,2-5H2,1H3,(H,20,23);5-9,11H,2-4H2,1H3,(H,19,22)(H,20,23);6-10H,1H2,2-5H3,(H,20,22)(H,21,23). The van der Waals surface area contributed by atoms with Gasteiger partial charge in [-0.1, -0.05) is 91.0 Å². The molecule has 95 heavy (non-hydrogen) atoms. The van der Waals surface area contributed by atoms with Gasteiger partial charge in [-0.3, -0.25) is 40.6 Å². The first-order valence-corrected chi connectivity index (χ1v) is 33.8. The topological polar surface area (TPSA) is 272 Å². The zero-order chi connectivity index (χ0) is 65.7. The van der Waals surface area contributed by atoms with E-state index in [-0.39, 0.29) is 23.4 Å². The molecule has 0 amide bonds. The Balaban J connectivity index is 0.000000115. The second kappa shape index (κ2) is 27.8. The summed E-state index contributed by atoms with van der Waals surface area (Å²) in [5, 5.41) is 57.8. The molecule has 0 bridgehead atoms. The van der Waals surface area contributed by atoms with E-state index in [0.717, 1.165) is 90.8 Å². The van der Waals surface area contributed by atoms with Crippen molar-refractivity contribution < 1.29 is 0 Å². The second-order valence-electron chi connectivity index (χ2n) is 27.1. The van der Waals surface area contributed by atoms with Gasteiger partial charge in [-0.15, -0.1) is 6.58 Å². The van der Waals surface area contributed by atoms with Gasteiger partial charge in [0, 0.05) is 109 Å². The average Bonchev–Trinajstić information content (AvgIpc) is 1.70. The smallest absolute Gasteiger partial charge is 0.0746 e.